The van der Waals surface area contributed by atoms with Gasteiger partial charge in [-0.15, -0.1) is 0 Å². The summed E-state index contributed by atoms with van der Waals surface area (Å²) in [5, 5.41) is 3.90. The van der Waals surface area contributed by atoms with Gasteiger partial charge in [0.1, 0.15) is 5.82 Å². The molecule has 0 spiro atoms. The summed E-state index contributed by atoms with van der Waals surface area (Å²) >= 11 is 0. The van der Waals surface area contributed by atoms with Gasteiger partial charge in [-0.1, -0.05) is 23.4 Å². The molecular weight excluding hydrogens is 321 g/mol. The van der Waals surface area contributed by atoms with Crippen LogP contribution in [-0.4, -0.2) is 47.0 Å². The highest BCUT2D eigenvalue weighted by molar-refractivity contribution is 5.83. The predicted molar refractivity (Wildman–Crippen MR) is 90.3 cm³/mol. The molecule has 2 fully saturated rings. The highest BCUT2D eigenvalue weighted by Crippen LogP contribution is 2.49. The maximum atomic E-state index is 13.9. The largest absolute Gasteiger partial charge is 0.360 e. The zero-order valence-corrected chi connectivity index (χ0v) is 14.3. The molecule has 25 heavy (non-hydrogen) atoms. The molecular formula is C19H22FN3O2. The molecule has 1 aliphatic carbocycles. The van der Waals surface area contributed by atoms with Crippen molar-refractivity contribution >= 4 is 5.91 Å². The van der Waals surface area contributed by atoms with E-state index in [0.29, 0.717) is 18.7 Å². The van der Waals surface area contributed by atoms with E-state index in [-0.39, 0.29) is 23.6 Å². The van der Waals surface area contributed by atoms with Crippen molar-refractivity contribution in [2.45, 2.75) is 25.8 Å². The molecule has 1 aliphatic heterocycles. The van der Waals surface area contributed by atoms with Crippen molar-refractivity contribution < 1.29 is 13.7 Å². The third kappa shape index (κ3) is 3.44. The molecule has 2 atom stereocenters. The maximum Gasteiger partial charge on any atom is 0.226 e. The van der Waals surface area contributed by atoms with Crippen molar-refractivity contribution in [3.63, 3.8) is 0 Å². The second-order valence-corrected chi connectivity index (χ2v) is 7.01. The summed E-state index contributed by atoms with van der Waals surface area (Å²) in [6.45, 7) is 5.71. The van der Waals surface area contributed by atoms with Gasteiger partial charge in [0.2, 0.25) is 5.91 Å². The van der Waals surface area contributed by atoms with E-state index in [2.05, 4.69) is 10.1 Å². The normalized spacial score (nSPS) is 23.7. The molecule has 1 saturated heterocycles. The number of nitrogens with zero attached hydrogens (tertiary/aromatic N) is 3. The average Bonchev–Trinajstić information content (AvgIpc) is 3.31. The van der Waals surface area contributed by atoms with Gasteiger partial charge in [-0.3, -0.25) is 9.69 Å². The molecule has 1 amide bonds. The number of aromatic nitrogens is 1. The molecule has 1 aromatic heterocycles. The molecule has 0 radical (unpaired) electrons. The molecule has 5 nitrogen and oxygen atoms in total. The number of halogens is 1. The first-order chi connectivity index (χ1) is 12.1. The summed E-state index contributed by atoms with van der Waals surface area (Å²) in [5.74, 6) is 0.821. The van der Waals surface area contributed by atoms with Gasteiger partial charge >= 0.3 is 0 Å². The number of benzene rings is 1. The van der Waals surface area contributed by atoms with Crippen LogP contribution in [0.25, 0.3) is 0 Å². The van der Waals surface area contributed by atoms with E-state index < -0.39 is 0 Å². The Kier molecular flexibility index (Phi) is 4.29. The molecule has 1 saturated carbocycles. The van der Waals surface area contributed by atoms with E-state index in [1.54, 1.807) is 12.1 Å². The molecule has 132 valence electrons. The van der Waals surface area contributed by atoms with Crippen LogP contribution >= 0.6 is 0 Å². The van der Waals surface area contributed by atoms with Gasteiger partial charge < -0.3 is 9.42 Å². The molecule has 4 rings (SSSR count). The smallest absolute Gasteiger partial charge is 0.226 e. The van der Waals surface area contributed by atoms with Gasteiger partial charge in [-0.05, 0) is 30.9 Å². The molecule has 2 aliphatic rings. The number of carbonyl (C=O) groups is 1. The van der Waals surface area contributed by atoms with Gasteiger partial charge in [-0.2, -0.15) is 0 Å². The van der Waals surface area contributed by atoms with Gasteiger partial charge in [-0.25, -0.2) is 4.39 Å². The summed E-state index contributed by atoms with van der Waals surface area (Å²) in [6, 6.07) is 8.74. The van der Waals surface area contributed by atoms with Crippen LogP contribution in [0.4, 0.5) is 4.39 Å². The lowest BCUT2D eigenvalue weighted by Gasteiger charge is -2.34. The molecule has 2 aromatic rings. The second-order valence-electron chi connectivity index (χ2n) is 7.01. The van der Waals surface area contributed by atoms with Gasteiger partial charge in [0.25, 0.3) is 0 Å². The predicted octanol–water partition coefficient (Wildman–Crippen LogP) is 2.57. The number of carbonyl (C=O) groups excluding carboxylic acids is 1. The molecule has 6 heteroatoms. The number of piperazine rings is 1. The van der Waals surface area contributed by atoms with E-state index in [4.69, 9.17) is 4.52 Å². The lowest BCUT2D eigenvalue weighted by atomic mass is 10.1. The Bertz CT molecular complexity index is 768. The fraction of sp³-hybridized carbons (Fsp3) is 0.474. The Labute approximate surface area is 146 Å². The van der Waals surface area contributed by atoms with E-state index >= 15 is 0 Å². The number of aryl methyl sites for hydroxylation is 1. The monoisotopic (exact) mass is 343 g/mol. The van der Waals surface area contributed by atoms with E-state index in [0.717, 1.165) is 37.5 Å². The number of rotatable bonds is 4. The van der Waals surface area contributed by atoms with Crippen molar-refractivity contribution in [3.05, 3.63) is 53.2 Å². The van der Waals surface area contributed by atoms with Crippen LogP contribution in [0.3, 0.4) is 0 Å². The van der Waals surface area contributed by atoms with E-state index in [1.807, 2.05) is 24.0 Å². The lowest BCUT2D eigenvalue weighted by Crippen LogP contribution is -2.48. The number of amides is 1. The molecule has 1 aromatic carbocycles. The molecule has 2 heterocycles. The van der Waals surface area contributed by atoms with Crippen LogP contribution in [0, 0.1) is 18.7 Å². The Hall–Kier alpha value is -2.21. The van der Waals surface area contributed by atoms with E-state index in [1.165, 1.54) is 6.07 Å². The summed E-state index contributed by atoms with van der Waals surface area (Å²) in [5.41, 5.74) is 1.57. The fourth-order valence-corrected chi connectivity index (χ4v) is 3.66. The van der Waals surface area contributed by atoms with Crippen LogP contribution in [0.5, 0.6) is 0 Å². The Morgan fingerprint density at radius 1 is 1.28 bits per heavy atom. The fourth-order valence-electron chi connectivity index (χ4n) is 3.66. The van der Waals surface area contributed by atoms with Crippen LogP contribution in [0.15, 0.2) is 34.9 Å². The first kappa shape index (κ1) is 16.3. The first-order valence-electron chi connectivity index (χ1n) is 8.79. The van der Waals surface area contributed by atoms with Crippen LogP contribution in [0.1, 0.15) is 29.4 Å². The van der Waals surface area contributed by atoms with Crippen LogP contribution < -0.4 is 0 Å². The summed E-state index contributed by atoms with van der Waals surface area (Å²) in [4.78, 5) is 16.9. The minimum atomic E-state index is -0.199. The minimum absolute atomic E-state index is 0.0453. The van der Waals surface area contributed by atoms with Gasteiger partial charge in [0.05, 0.1) is 12.2 Å². The number of hydrogen-bond acceptors (Lipinski definition) is 4. The Morgan fingerprint density at radius 3 is 2.72 bits per heavy atom. The minimum Gasteiger partial charge on any atom is -0.360 e. The Morgan fingerprint density at radius 2 is 2.04 bits per heavy atom. The van der Waals surface area contributed by atoms with Crippen molar-refractivity contribution in [1.29, 1.82) is 0 Å². The quantitative estimate of drug-likeness (QED) is 0.856. The summed E-state index contributed by atoms with van der Waals surface area (Å²) < 4.78 is 19.1. The zero-order chi connectivity index (χ0) is 17.4. The zero-order valence-electron chi connectivity index (χ0n) is 14.3. The van der Waals surface area contributed by atoms with E-state index in [9.17, 15) is 9.18 Å². The van der Waals surface area contributed by atoms with Crippen molar-refractivity contribution in [1.82, 2.24) is 15.0 Å². The van der Waals surface area contributed by atoms with Crippen molar-refractivity contribution in [2.75, 3.05) is 26.2 Å². The topological polar surface area (TPSA) is 49.6 Å². The Balaban J connectivity index is 1.30. The standard InChI is InChI=1S/C19H22FN3O2/c1-13-10-14(25-21-13)12-22-6-8-23(9-7-22)19(24)17-11-16(17)15-4-2-3-5-18(15)20/h2-5,10,16-17H,6-9,11-12H2,1H3. The molecule has 0 N–H and O–H groups in total. The summed E-state index contributed by atoms with van der Waals surface area (Å²) in [7, 11) is 0. The van der Waals surface area contributed by atoms with Crippen LogP contribution in [-0.2, 0) is 11.3 Å². The first-order valence-corrected chi connectivity index (χ1v) is 8.79. The van der Waals surface area contributed by atoms with Crippen molar-refractivity contribution in [2.24, 2.45) is 5.92 Å². The maximum absolute atomic E-state index is 13.9. The second kappa shape index (κ2) is 6.59. The third-order valence-electron chi connectivity index (χ3n) is 5.15. The number of hydrogen-bond donors (Lipinski definition) is 0. The lowest BCUT2D eigenvalue weighted by molar-refractivity contribution is -0.134. The average molecular weight is 343 g/mol. The van der Waals surface area contributed by atoms with Gasteiger partial charge in [0.15, 0.2) is 5.76 Å². The third-order valence-corrected chi connectivity index (χ3v) is 5.15. The molecule has 0 bridgehead atoms. The SMILES string of the molecule is Cc1cc(CN2CCN(C(=O)C3CC3c3ccccc3F)CC2)on1. The highest BCUT2D eigenvalue weighted by atomic mass is 19.1. The van der Waals surface area contributed by atoms with Crippen molar-refractivity contribution in [3.8, 4) is 0 Å². The summed E-state index contributed by atoms with van der Waals surface area (Å²) in [6.07, 6.45) is 0.761. The van der Waals surface area contributed by atoms with Crippen LogP contribution in [0.2, 0.25) is 0 Å². The highest BCUT2D eigenvalue weighted by Gasteiger charge is 2.47. The molecule has 2 unspecified atom stereocenters. The van der Waals surface area contributed by atoms with Gasteiger partial charge in [0, 0.05) is 38.2 Å².